The van der Waals surface area contributed by atoms with Crippen molar-refractivity contribution in [3.63, 3.8) is 0 Å². The molecule has 1 fully saturated rings. The van der Waals surface area contributed by atoms with Crippen LogP contribution in [0.5, 0.6) is 0 Å². The minimum atomic E-state index is 0.898. The van der Waals surface area contributed by atoms with E-state index in [4.69, 9.17) is 11.6 Å². The third-order valence-corrected chi connectivity index (χ3v) is 2.08. The van der Waals surface area contributed by atoms with E-state index in [2.05, 4.69) is 6.07 Å². The van der Waals surface area contributed by atoms with Gasteiger partial charge in [0.2, 0.25) is 0 Å². The number of benzene rings is 1. The summed E-state index contributed by atoms with van der Waals surface area (Å²) >= 11 is 5.94. The molecular weight excluding hydrogens is 144 g/mol. The van der Waals surface area contributed by atoms with Crippen molar-refractivity contribution < 1.29 is 0 Å². The van der Waals surface area contributed by atoms with E-state index in [-0.39, 0.29) is 0 Å². The quantitative estimate of drug-likeness (QED) is 0.579. The van der Waals surface area contributed by atoms with Crippen LogP contribution in [-0.4, -0.2) is 0 Å². The fourth-order valence-corrected chi connectivity index (χ4v) is 1.35. The summed E-state index contributed by atoms with van der Waals surface area (Å²) in [6.07, 6.45) is 2.48. The molecule has 0 bridgehead atoms. The van der Waals surface area contributed by atoms with Crippen molar-refractivity contribution >= 4 is 11.6 Å². The van der Waals surface area contributed by atoms with Crippen LogP contribution in [-0.2, 0) is 0 Å². The maximum Gasteiger partial charge on any atom is 0.0443 e. The van der Waals surface area contributed by atoms with E-state index >= 15 is 0 Å². The fourth-order valence-electron chi connectivity index (χ4n) is 1.08. The highest BCUT2D eigenvalue weighted by Crippen LogP contribution is 2.41. The van der Waals surface area contributed by atoms with Crippen LogP contribution in [0.1, 0.15) is 18.4 Å². The monoisotopic (exact) mass is 151 g/mol. The van der Waals surface area contributed by atoms with Crippen molar-refractivity contribution in [1.82, 2.24) is 0 Å². The van der Waals surface area contributed by atoms with E-state index in [0.29, 0.717) is 0 Å². The minimum Gasteiger partial charge on any atom is -0.0840 e. The number of hydrogen-bond donors (Lipinski definition) is 0. The van der Waals surface area contributed by atoms with Crippen LogP contribution in [0.15, 0.2) is 24.3 Å². The van der Waals surface area contributed by atoms with Crippen molar-refractivity contribution in [2.45, 2.75) is 12.8 Å². The summed E-state index contributed by atoms with van der Waals surface area (Å²) in [7, 11) is 0. The zero-order chi connectivity index (χ0) is 6.97. The molecule has 0 aliphatic heterocycles. The number of halogens is 1. The van der Waals surface area contributed by atoms with E-state index in [1.807, 2.05) is 18.2 Å². The second-order valence-corrected chi connectivity index (χ2v) is 2.99. The predicted molar refractivity (Wildman–Crippen MR) is 43.0 cm³/mol. The lowest BCUT2D eigenvalue weighted by molar-refractivity contribution is 1.41. The van der Waals surface area contributed by atoms with Gasteiger partial charge >= 0.3 is 0 Å². The summed E-state index contributed by atoms with van der Waals surface area (Å²) in [6.45, 7) is 0. The van der Waals surface area contributed by atoms with E-state index in [0.717, 1.165) is 5.02 Å². The molecule has 1 radical (unpaired) electrons. The van der Waals surface area contributed by atoms with Gasteiger partial charge in [-0.05, 0) is 24.5 Å². The second kappa shape index (κ2) is 2.28. The maximum atomic E-state index is 5.94. The lowest BCUT2D eigenvalue weighted by Gasteiger charge is -1.97. The lowest BCUT2D eigenvalue weighted by Crippen LogP contribution is -1.78. The molecule has 0 aromatic heterocycles. The van der Waals surface area contributed by atoms with Gasteiger partial charge in [-0.3, -0.25) is 0 Å². The fraction of sp³-hybridized carbons (Fsp3) is 0.222. The van der Waals surface area contributed by atoms with Crippen LogP contribution in [0.25, 0.3) is 0 Å². The summed E-state index contributed by atoms with van der Waals surface area (Å²) in [4.78, 5) is 0. The first-order chi connectivity index (χ1) is 4.88. The maximum absolute atomic E-state index is 5.94. The van der Waals surface area contributed by atoms with Gasteiger partial charge in [0.25, 0.3) is 0 Å². The van der Waals surface area contributed by atoms with Gasteiger partial charge in [-0.25, -0.2) is 0 Å². The molecule has 1 aromatic rings. The minimum absolute atomic E-state index is 0.898. The van der Waals surface area contributed by atoms with Gasteiger partial charge < -0.3 is 0 Å². The molecule has 1 aliphatic carbocycles. The Labute approximate surface area is 65.8 Å². The molecule has 0 N–H and O–H groups in total. The van der Waals surface area contributed by atoms with Crippen molar-refractivity contribution in [2.75, 3.05) is 0 Å². The third kappa shape index (κ3) is 1.04. The molecule has 0 saturated heterocycles. The molecule has 1 saturated carbocycles. The van der Waals surface area contributed by atoms with Gasteiger partial charge in [0.1, 0.15) is 0 Å². The molecule has 1 heteroatoms. The summed E-state index contributed by atoms with van der Waals surface area (Å²) in [5.41, 5.74) is 1.25. The van der Waals surface area contributed by atoms with Crippen molar-refractivity contribution in [3.05, 3.63) is 40.8 Å². The molecule has 0 nitrogen and oxygen atoms in total. The molecule has 1 aliphatic rings. The molecule has 2 rings (SSSR count). The first kappa shape index (κ1) is 6.23. The molecule has 0 amide bonds. The summed E-state index contributed by atoms with van der Waals surface area (Å²) in [5.74, 6) is 1.51. The molecule has 51 valence electrons. The number of rotatable bonds is 1. The van der Waals surface area contributed by atoms with E-state index in [1.54, 1.807) is 0 Å². The summed E-state index contributed by atoms with van der Waals surface area (Å²) in [5, 5.41) is 0.898. The highest BCUT2D eigenvalue weighted by molar-refractivity contribution is 6.31. The molecule has 0 spiro atoms. The number of hydrogen-bond acceptors (Lipinski definition) is 0. The van der Waals surface area contributed by atoms with Crippen LogP contribution in [0.2, 0.25) is 5.02 Å². The Kier molecular flexibility index (Phi) is 1.42. The largest absolute Gasteiger partial charge is 0.0840 e. The average molecular weight is 152 g/mol. The van der Waals surface area contributed by atoms with E-state index < -0.39 is 0 Å². The Bertz CT molecular complexity index is 238. The van der Waals surface area contributed by atoms with Gasteiger partial charge in [0, 0.05) is 10.9 Å². The predicted octanol–water partition coefficient (Wildman–Crippen LogP) is 3.06. The first-order valence-corrected chi connectivity index (χ1v) is 3.85. The highest BCUT2D eigenvalue weighted by Gasteiger charge is 2.25. The molecule has 0 unspecified atom stereocenters. The standard InChI is InChI=1S/C9H8Cl/c10-9-4-2-1-3-8(9)7-5-6-7/h1-4H,5-6H2. The molecule has 0 atom stereocenters. The second-order valence-electron chi connectivity index (χ2n) is 2.58. The average Bonchev–Trinajstić information content (AvgIpc) is 2.71. The topological polar surface area (TPSA) is 0 Å². The van der Waals surface area contributed by atoms with Gasteiger partial charge in [-0.15, -0.1) is 0 Å². The molecule has 0 heterocycles. The Hall–Kier alpha value is -0.490. The normalized spacial score (nSPS) is 17.3. The summed E-state index contributed by atoms with van der Waals surface area (Å²) in [6, 6.07) is 8.04. The van der Waals surface area contributed by atoms with Crippen LogP contribution in [0.3, 0.4) is 0 Å². The molecule has 1 aromatic carbocycles. The first-order valence-electron chi connectivity index (χ1n) is 3.47. The van der Waals surface area contributed by atoms with Crippen molar-refractivity contribution in [3.8, 4) is 0 Å². The van der Waals surface area contributed by atoms with E-state index in [1.165, 1.54) is 24.3 Å². The summed E-state index contributed by atoms with van der Waals surface area (Å²) < 4.78 is 0. The highest BCUT2D eigenvalue weighted by atomic mass is 35.5. The van der Waals surface area contributed by atoms with Crippen LogP contribution in [0, 0.1) is 5.92 Å². The zero-order valence-electron chi connectivity index (χ0n) is 5.60. The van der Waals surface area contributed by atoms with E-state index in [9.17, 15) is 0 Å². The van der Waals surface area contributed by atoms with Gasteiger partial charge in [0.05, 0.1) is 0 Å². The van der Waals surface area contributed by atoms with Gasteiger partial charge in [-0.1, -0.05) is 29.8 Å². The van der Waals surface area contributed by atoms with Crippen LogP contribution >= 0.6 is 11.6 Å². The van der Waals surface area contributed by atoms with Crippen molar-refractivity contribution in [2.24, 2.45) is 0 Å². The zero-order valence-corrected chi connectivity index (χ0v) is 6.36. The Morgan fingerprint density at radius 3 is 2.40 bits per heavy atom. The van der Waals surface area contributed by atoms with Gasteiger partial charge in [-0.2, -0.15) is 0 Å². The SMILES string of the molecule is Clc1ccccc1[C]1CC1. The smallest absolute Gasteiger partial charge is 0.0443 e. The van der Waals surface area contributed by atoms with Crippen molar-refractivity contribution in [1.29, 1.82) is 0 Å². The third-order valence-electron chi connectivity index (χ3n) is 1.75. The van der Waals surface area contributed by atoms with Crippen LogP contribution < -0.4 is 0 Å². The molecule has 10 heavy (non-hydrogen) atoms. The van der Waals surface area contributed by atoms with Crippen LogP contribution in [0.4, 0.5) is 0 Å². The lowest BCUT2D eigenvalue weighted by atomic mass is 10.1. The Morgan fingerprint density at radius 1 is 1.10 bits per heavy atom. The Morgan fingerprint density at radius 2 is 1.80 bits per heavy atom. The molecular formula is C9H8Cl. The Balaban J connectivity index is 2.39. The van der Waals surface area contributed by atoms with Gasteiger partial charge in [0.15, 0.2) is 0 Å².